The Hall–Kier alpha value is -4.71. The van der Waals surface area contributed by atoms with Gasteiger partial charge in [-0.1, -0.05) is 60.7 Å². The minimum absolute atomic E-state index is 0.0397. The number of nitro benzene ring substituents is 1. The highest BCUT2D eigenvalue weighted by atomic mass is 16.6. The predicted molar refractivity (Wildman–Crippen MR) is 133 cm³/mol. The molecule has 0 aliphatic carbocycles. The van der Waals surface area contributed by atoms with Crippen LogP contribution in [0.25, 0.3) is 39.6 Å². The number of methoxy groups -OCH3 is 1. The third kappa shape index (κ3) is 3.93. The molecule has 0 amide bonds. The molecule has 0 radical (unpaired) electrons. The maximum Gasteiger partial charge on any atom is 0.269 e. The molecule has 0 spiro atoms. The summed E-state index contributed by atoms with van der Waals surface area (Å²) in [6.07, 6.45) is 0. The molecule has 0 saturated heterocycles. The maximum absolute atomic E-state index is 11.2. The van der Waals surface area contributed by atoms with Crippen LogP contribution in [0.5, 0.6) is 5.75 Å². The second-order valence-corrected chi connectivity index (χ2v) is 7.70. The largest absolute Gasteiger partial charge is 0.497 e. The molecule has 0 atom stereocenters. The molecule has 34 heavy (non-hydrogen) atoms. The number of hydrogen-bond donors (Lipinski definition) is 0. The molecule has 6 heteroatoms. The summed E-state index contributed by atoms with van der Waals surface area (Å²) >= 11 is 0. The Bertz CT molecular complexity index is 1430. The molecule has 1 aromatic heterocycles. The van der Waals surface area contributed by atoms with Crippen LogP contribution in [0.2, 0.25) is 0 Å². The molecule has 1 heterocycles. The first-order chi connectivity index (χ1) is 16.7. The predicted octanol–water partition coefficient (Wildman–Crippen LogP) is 6.79. The molecule has 6 nitrogen and oxygen atoms in total. The van der Waals surface area contributed by atoms with E-state index in [1.54, 1.807) is 19.2 Å². The van der Waals surface area contributed by atoms with E-state index < -0.39 is 4.92 Å². The molecule has 0 N–H and O–H groups in total. The van der Waals surface area contributed by atoms with Gasteiger partial charge in [-0.05, 0) is 36.4 Å². The number of imidazole rings is 1. The van der Waals surface area contributed by atoms with Crippen LogP contribution in [0.15, 0.2) is 109 Å². The second kappa shape index (κ2) is 9.03. The van der Waals surface area contributed by atoms with Crippen molar-refractivity contribution in [3.05, 3.63) is 119 Å². The quantitative estimate of drug-likeness (QED) is 0.212. The van der Waals surface area contributed by atoms with E-state index in [0.29, 0.717) is 5.82 Å². The number of aromatic nitrogens is 2. The molecule has 5 rings (SSSR count). The summed E-state index contributed by atoms with van der Waals surface area (Å²) in [6.45, 7) is 0. The molecule has 0 fully saturated rings. The minimum atomic E-state index is -0.398. The van der Waals surface area contributed by atoms with Crippen molar-refractivity contribution in [2.24, 2.45) is 0 Å². The van der Waals surface area contributed by atoms with Crippen LogP contribution >= 0.6 is 0 Å². The number of benzene rings is 4. The second-order valence-electron chi connectivity index (χ2n) is 7.70. The van der Waals surface area contributed by atoms with Gasteiger partial charge in [0.25, 0.3) is 5.69 Å². The fraction of sp³-hybridized carbons (Fsp3) is 0.0357. The molecule has 0 saturated carbocycles. The van der Waals surface area contributed by atoms with E-state index in [0.717, 1.165) is 39.5 Å². The van der Waals surface area contributed by atoms with Gasteiger partial charge in [0.2, 0.25) is 0 Å². The molecule has 0 bridgehead atoms. The van der Waals surface area contributed by atoms with Crippen molar-refractivity contribution in [3.63, 3.8) is 0 Å². The Morgan fingerprint density at radius 2 is 1.32 bits per heavy atom. The fourth-order valence-corrected chi connectivity index (χ4v) is 3.99. The highest BCUT2D eigenvalue weighted by molar-refractivity contribution is 5.84. The van der Waals surface area contributed by atoms with Gasteiger partial charge in [-0.15, -0.1) is 0 Å². The van der Waals surface area contributed by atoms with Gasteiger partial charge in [-0.25, -0.2) is 4.98 Å². The van der Waals surface area contributed by atoms with Crippen molar-refractivity contribution in [1.82, 2.24) is 9.55 Å². The van der Waals surface area contributed by atoms with Crippen molar-refractivity contribution >= 4 is 5.69 Å². The lowest BCUT2D eigenvalue weighted by molar-refractivity contribution is -0.384. The van der Waals surface area contributed by atoms with Gasteiger partial charge in [0.05, 0.1) is 23.4 Å². The van der Waals surface area contributed by atoms with Gasteiger partial charge in [0.1, 0.15) is 11.6 Å². The van der Waals surface area contributed by atoms with Crippen LogP contribution in [0.1, 0.15) is 0 Å². The van der Waals surface area contributed by atoms with Gasteiger partial charge >= 0.3 is 0 Å². The van der Waals surface area contributed by atoms with E-state index in [1.165, 1.54) is 12.1 Å². The first kappa shape index (κ1) is 21.2. The summed E-state index contributed by atoms with van der Waals surface area (Å²) in [6, 6.07) is 34.4. The third-order valence-corrected chi connectivity index (χ3v) is 5.64. The lowest BCUT2D eigenvalue weighted by Crippen LogP contribution is -2.00. The fourth-order valence-electron chi connectivity index (χ4n) is 3.99. The van der Waals surface area contributed by atoms with E-state index >= 15 is 0 Å². The van der Waals surface area contributed by atoms with Crippen molar-refractivity contribution in [3.8, 4) is 45.3 Å². The van der Waals surface area contributed by atoms with Crippen LogP contribution in [0, 0.1) is 10.1 Å². The zero-order valence-corrected chi connectivity index (χ0v) is 18.5. The molecule has 0 aliphatic heterocycles. The molecule has 4 aromatic carbocycles. The Labute approximate surface area is 196 Å². The van der Waals surface area contributed by atoms with E-state index in [-0.39, 0.29) is 5.69 Å². The van der Waals surface area contributed by atoms with Crippen molar-refractivity contribution in [2.45, 2.75) is 0 Å². The Morgan fingerprint density at radius 1 is 0.735 bits per heavy atom. The summed E-state index contributed by atoms with van der Waals surface area (Å²) in [7, 11) is 1.64. The first-order valence-electron chi connectivity index (χ1n) is 10.8. The van der Waals surface area contributed by atoms with Crippen LogP contribution in [-0.2, 0) is 0 Å². The summed E-state index contributed by atoms with van der Waals surface area (Å²) in [5.74, 6) is 1.45. The highest BCUT2D eigenvalue weighted by Gasteiger charge is 2.22. The average molecular weight is 447 g/mol. The maximum atomic E-state index is 11.2. The lowest BCUT2D eigenvalue weighted by atomic mass is 10.0. The highest BCUT2D eigenvalue weighted by Crippen LogP contribution is 2.39. The molecular formula is C28H21N3O3. The van der Waals surface area contributed by atoms with Gasteiger partial charge in [-0.2, -0.15) is 0 Å². The normalized spacial score (nSPS) is 10.7. The number of ether oxygens (including phenoxy) is 1. The molecule has 0 unspecified atom stereocenters. The Balaban J connectivity index is 1.83. The van der Waals surface area contributed by atoms with Gasteiger partial charge < -0.3 is 4.74 Å². The van der Waals surface area contributed by atoms with Crippen LogP contribution in [0.4, 0.5) is 5.69 Å². The first-order valence-corrected chi connectivity index (χ1v) is 10.8. The van der Waals surface area contributed by atoms with Gasteiger partial charge in [-0.3, -0.25) is 14.7 Å². The summed E-state index contributed by atoms with van der Waals surface area (Å²) in [4.78, 5) is 15.9. The van der Waals surface area contributed by atoms with Gasteiger partial charge in [0, 0.05) is 34.5 Å². The Kier molecular flexibility index (Phi) is 5.62. The number of hydrogen-bond acceptors (Lipinski definition) is 4. The summed E-state index contributed by atoms with van der Waals surface area (Å²) in [5, 5.41) is 11.2. The monoisotopic (exact) mass is 447 g/mol. The Morgan fingerprint density at radius 3 is 1.88 bits per heavy atom. The number of non-ortho nitro benzene ring substituents is 1. The number of nitro groups is 1. The van der Waals surface area contributed by atoms with Crippen LogP contribution in [0.3, 0.4) is 0 Å². The smallest absolute Gasteiger partial charge is 0.269 e. The topological polar surface area (TPSA) is 70.2 Å². The van der Waals surface area contributed by atoms with Crippen molar-refractivity contribution in [2.75, 3.05) is 7.11 Å². The third-order valence-electron chi connectivity index (χ3n) is 5.64. The van der Waals surface area contributed by atoms with Crippen molar-refractivity contribution in [1.29, 1.82) is 0 Å². The van der Waals surface area contributed by atoms with E-state index in [1.807, 2.05) is 72.8 Å². The van der Waals surface area contributed by atoms with Crippen LogP contribution in [-0.4, -0.2) is 21.6 Å². The molecule has 5 aromatic rings. The molecular weight excluding hydrogens is 426 g/mol. The number of rotatable bonds is 6. The SMILES string of the molecule is COc1ccc(-n2c(-c3ccc([N+](=O)[O-])cc3)nc(-c3ccccc3)c2-c2ccccc2)cc1. The van der Waals surface area contributed by atoms with Crippen molar-refractivity contribution < 1.29 is 9.66 Å². The van der Waals surface area contributed by atoms with Crippen LogP contribution < -0.4 is 4.74 Å². The molecule has 0 aliphatic rings. The van der Waals surface area contributed by atoms with E-state index in [4.69, 9.17) is 9.72 Å². The zero-order valence-electron chi connectivity index (χ0n) is 18.5. The summed E-state index contributed by atoms with van der Waals surface area (Å²) in [5.41, 5.74) is 5.48. The van der Waals surface area contributed by atoms with E-state index in [9.17, 15) is 10.1 Å². The molecule has 166 valence electrons. The average Bonchev–Trinajstić information content (AvgIpc) is 3.30. The minimum Gasteiger partial charge on any atom is -0.497 e. The lowest BCUT2D eigenvalue weighted by Gasteiger charge is -2.14. The standard InChI is InChI=1S/C28H21N3O3/c1-34-25-18-16-23(17-19-25)30-27(21-10-6-3-7-11-21)26(20-8-4-2-5-9-20)29-28(30)22-12-14-24(15-13-22)31(32)33/h2-19H,1H3. The van der Waals surface area contributed by atoms with Gasteiger partial charge in [0.15, 0.2) is 0 Å². The summed E-state index contributed by atoms with van der Waals surface area (Å²) < 4.78 is 7.45. The number of nitrogens with zero attached hydrogens (tertiary/aromatic N) is 3. The zero-order chi connectivity index (χ0) is 23.5. The van der Waals surface area contributed by atoms with E-state index in [2.05, 4.69) is 16.7 Å².